The van der Waals surface area contributed by atoms with Crippen molar-refractivity contribution in [2.24, 2.45) is 5.92 Å². The molecule has 0 spiro atoms. The van der Waals surface area contributed by atoms with Crippen molar-refractivity contribution in [3.63, 3.8) is 0 Å². The number of aromatic nitrogens is 1. The molecule has 0 aliphatic heterocycles. The van der Waals surface area contributed by atoms with Gasteiger partial charge >= 0.3 is 0 Å². The lowest BCUT2D eigenvalue weighted by atomic mass is 9.99. The first-order chi connectivity index (χ1) is 7.02. The summed E-state index contributed by atoms with van der Waals surface area (Å²) in [5.74, 6) is 0.989. The number of nitrogens with two attached hydrogens (primary N) is 1. The summed E-state index contributed by atoms with van der Waals surface area (Å²) in [6.45, 7) is 6.10. The fraction of sp³-hybridized carbons (Fsp3) is 0.500. The number of carbonyl (C=O) groups excluding carboxylic acids is 1. The molecule has 82 valence electrons. The number of Topliss-reactive ketones (excluding diaryl/α,β-unsaturated/α-hetero) is 1. The van der Waals surface area contributed by atoms with Gasteiger partial charge in [0.05, 0.1) is 5.56 Å². The van der Waals surface area contributed by atoms with E-state index < -0.39 is 0 Å². The molecule has 3 heteroatoms. The molecular formula is C12H18N2O. The molecule has 0 aromatic carbocycles. The van der Waals surface area contributed by atoms with Gasteiger partial charge in [-0.1, -0.05) is 13.8 Å². The van der Waals surface area contributed by atoms with Crippen molar-refractivity contribution in [2.75, 3.05) is 5.73 Å². The number of carbonyl (C=O) groups is 1. The molecule has 0 radical (unpaired) electrons. The summed E-state index contributed by atoms with van der Waals surface area (Å²) in [5, 5.41) is 0. The van der Waals surface area contributed by atoms with Crippen LogP contribution in [-0.2, 0) is 0 Å². The summed E-state index contributed by atoms with van der Waals surface area (Å²) >= 11 is 0. The number of nitrogen functional groups attached to an aromatic ring is 1. The second kappa shape index (κ2) is 4.91. The van der Waals surface area contributed by atoms with E-state index in [2.05, 4.69) is 18.8 Å². The number of hydrogen-bond acceptors (Lipinski definition) is 3. The van der Waals surface area contributed by atoms with Crippen molar-refractivity contribution in [2.45, 2.75) is 33.6 Å². The molecule has 15 heavy (non-hydrogen) atoms. The first-order valence-corrected chi connectivity index (χ1v) is 5.26. The van der Waals surface area contributed by atoms with Crippen LogP contribution in [0.4, 0.5) is 5.82 Å². The third kappa shape index (κ3) is 3.05. The Hall–Kier alpha value is -1.38. The molecule has 0 aliphatic rings. The van der Waals surface area contributed by atoms with E-state index in [1.165, 1.54) is 0 Å². The van der Waals surface area contributed by atoms with Crippen LogP contribution in [0.5, 0.6) is 0 Å². The normalized spacial score (nSPS) is 10.7. The highest BCUT2D eigenvalue weighted by atomic mass is 16.1. The summed E-state index contributed by atoms with van der Waals surface area (Å²) in [4.78, 5) is 15.8. The Morgan fingerprint density at radius 2 is 2.20 bits per heavy atom. The van der Waals surface area contributed by atoms with E-state index in [4.69, 9.17) is 5.73 Å². The molecule has 1 heterocycles. The number of rotatable bonds is 4. The predicted octanol–water partition coefficient (Wildman–Crippen LogP) is 2.59. The van der Waals surface area contributed by atoms with E-state index in [0.717, 1.165) is 12.0 Å². The molecule has 2 N–H and O–H groups in total. The summed E-state index contributed by atoms with van der Waals surface area (Å²) in [6.07, 6.45) is 3.07. The molecule has 3 nitrogen and oxygen atoms in total. The van der Waals surface area contributed by atoms with Gasteiger partial charge < -0.3 is 5.73 Å². The zero-order chi connectivity index (χ0) is 11.4. The van der Waals surface area contributed by atoms with E-state index in [1.54, 1.807) is 6.20 Å². The second-order valence-corrected chi connectivity index (χ2v) is 4.24. The van der Waals surface area contributed by atoms with Crippen molar-refractivity contribution in [3.05, 3.63) is 23.4 Å². The summed E-state index contributed by atoms with van der Waals surface area (Å²) in [6, 6.07) is 1.82. The van der Waals surface area contributed by atoms with Gasteiger partial charge in [-0.05, 0) is 30.9 Å². The maximum Gasteiger partial charge on any atom is 0.166 e. The monoisotopic (exact) mass is 206 g/mol. The van der Waals surface area contributed by atoms with Crippen LogP contribution in [0, 0.1) is 12.8 Å². The highest BCUT2D eigenvalue weighted by Crippen LogP contribution is 2.17. The minimum Gasteiger partial charge on any atom is -0.383 e. The van der Waals surface area contributed by atoms with Gasteiger partial charge in [-0.3, -0.25) is 4.79 Å². The van der Waals surface area contributed by atoms with Crippen LogP contribution in [0.3, 0.4) is 0 Å². The van der Waals surface area contributed by atoms with E-state index in [9.17, 15) is 4.79 Å². The van der Waals surface area contributed by atoms with Gasteiger partial charge in [-0.2, -0.15) is 0 Å². The van der Waals surface area contributed by atoms with Crippen LogP contribution in [0.25, 0.3) is 0 Å². The molecule has 1 aromatic heterocycles. The summed E-state index contributed by atoms with van der Waals surface area (Å²) < 4.78 is 0. The number of nitrogens with zero attached hydrogens (tertiary/aromatic N) is 1. The lowest BCUT2D eigenvalue weighted by molar-refractivity contribution is 0.0975. The molecule has 0 aliphatic carbocycles. The largest absolute Gasteiger partial charge is 0.383 e. The van der Waals surface area contributed by atoms with Crippen LogP contribution in [-0.4, -0.2) is 10.8 Å². The van der Waals surface area contributed by atoms with E-state index in [0.29, 0.717) is 23.7 Å². The predicted molar refractivity (Wildman–Crippen MR) is 61.8 cm³/mol. The third-order valence-corrected chi connectivity index (χ3v) is 2.42. The molecule has 0 fully saturated rings. The molecule has 0 amide bonds. The molecule has 0 saturated carbocycles. The molecular weight excluding hydrogens is 188 g/mol. The van der Waals surface area contributed by atoms with Crippen molar-refractivity contribution < 1.29 is 4.79 Å². The van der Waals surface area contributed by atoms with E-state index in [-0.39, 0.29) is 5.78 Å². The summed E-state index contributed by atoms with van der Waals surface area (Å²) in [7, 11) is 0. The number of hydrogen-bond donors (Lipinski definition) is 1. The zero-order valence-corrected chi connectivity index (χ0v) is 9.58. The van der Waals surface area contributed by atoms with E-state index in [1.807, 2.05) is 13.0 Å². The lowest BCUT2D eigenvalue weighted by Gasteiger charge is -2.08. The number of pyridine rings is 1. The van der Waals surface area contributed by atoms with Gasteiger partial charge in [-0.25, -0.2) is 4.98 Å². The lowest BCUT2D eigenvalue weighted by Crippen LogP contribution is -2.08. The molecule has 0 saturated heterocycles. The van der Waals surface area contributed by atoms with Crippen molar-refractivity contribution in [3.8, 4) is 0 Å². The Morgan fingerprint density at radius 3 is 2.73 bits per heavy atom. The molecule has 1 rings (SSSR count). The van der Waals surface area contributed by atoms with Crippen LogP contribution < -0.4 is 5.73 Å². The topological polar surface area (TPSA) is 56.0 Å². The molecule has 1 aromatic rings. The van der Waals surface area contributed by atoms with Gasteiger partial charge in [0.1, 0.15) is 5.82 Å². The smallest absolute Gasteiger partial charge is 0.166 e. The van der Waals surface area contributed by atoms with Crippen molar-refractivity contribution in [1.82, 2.24) is 4.98 Å². The average molecular weight is 206 g/mol. The van der Waals surface area contributed by atoms with Crippen LogP contribution in [0.1, 0.15) is 42.6 Å². The Morgan fingerprint density at radius 1 is 1.53 bits per heavy atom. The van der Waals surface area contributed by atoms with Crippen molar-refractivity contribution >= 4 is 11.6 Å². The first-order valence-electron chi connectivity index (χ1n) is 5.26. The highest BCUT2D eigenvalue weighted by molar-refractivity contribution is 6.01. The SMILES string of the molecule is Cc1ccnc(N)c1C(=O)CCC(C)C. The van der Waals surface area contributed by atoms with Gasteiger partial charge in [0.2, 0.25) is 0 Å². The minimum absolute atomic E-state index is 0.104. The van der Waals surface area contributed by atoms with Crippen LogP contribution in [0.2, 0.25) is 0 Å². The Balaban J connectivity index is 2.82. The molecule has 0 unspecified atom stereocenters. The zero-order valence-electron chi connectivity index (χ0n) is 9.58. The highest BCUT2D eigenvalue weighted by Gasteiger charge is 2.13. The Labute approximate surface area is 90.7 Å². The molecule has 0 bridgehead atoms. The first kappa shape index (κ1) is 11.7. The summed E-state index contributed by atoms with van der Waals surface area (Å²) in [5.41, 5.74) is 7.21. The average Bonchev–Trinajstić information content (AvgIpc) is 2.14. The number of anilines is 1. The third-order valence-electron chi connectivity index (χ3n) is 2.42. The Kier molecular flexibility index (Phi) is 3.83. The second-order valence-electron chi connectivity index (χ2n) is 4.24. The fourth-order valence-corrected chi connectivity index (χ4v) is 1.49. The maximum absolute atomic E-state index is 11.9. The minimum atomic E-state index is 0.104. The Bertz CT molecular complexity index is 338. The number of aryl methyl sites for hydroxylation is 1. The maximum atomic E-state index is 11.9. The number of ketones is 1. The van der Waals surface area contributed by atoms with Gasteiger partial charge in [0.15, 0.2) is 5.78 Å². The van der Waals surface area contributed by atoms with Gasteiger partial charge in [0.25, 0.3) is 0 Å². The standard InChI is InChI=1S/C12H18N2O/c1-8(2)4-5-10(15)11-9(3)6-7-14-12(11)13/h6-8H,4-5H2,1-3H3,(H2,13,14). The van der Waals surface area contributed by atoms with E-state index >= 15 is 0 Å². The molecule has 0 atom stereocenters. The van der Waals surface area contributed by atoms with Crippen molar-refractivity contribution in [1.29, 1.82) is 0 Å². The van der Waals surface area contributed by atoms with Crippen LogP contribution in [0.15, 0.2) is 12.3 Å². The quantitative estimate of drug-likeness (QED) is 0.770. The van der Waals surface area contributed by atoms with Crippen LogP contribution >= 0.6 is 0 Å². The fourth-order valence-electron chi connectivity index (χ4n) is 1.49. The van der Waals surface area contributed by atoms with Gasteiger partial charge in [-0.15, -0.1) is 0 Å². The van der Waals surface area contributed by atoms with Gasteiger partial charge in [0, 0.05) is 12.6 Å².